The minimum atomic E-state index is -0.0633. The predicted molar refractivity (Wildman–Crippen MR) is 96.9 cm³/mol. The number of nitrogens with zero attached hydrogens (tertiary/aromatic N) is 3. The van der Waals surface area contributed by atoms with Gasteiger partial charge in [0.2, 0.25) is 11.8 Å². The summed E-state index contributed by atoms with van der Waals surface area (Å²) in [6.45, 7) is 5.06. The second kappa shape index (κ2) is 7.82. The number of amides is 1. The highest BCUT2D eigenvalue weighted by Crippen LogP contribution is 2.25. The molecule has 1 saturated heterocycles. The van der Waals surface area contributed by atoms with Gasteiger partial charge < -0.3 is 14.4 Å². The molecule has 0 bridgehead atoms. The highest BCUT2D eigenvalue weighted by atomic mass is 79.9. The van der Waals surface area contributed by atoms with Gasteiger partial charge in [-0.05, 0) is 48.0 Å². The number of ether oxygens (including phenoxy) is 2. The van der Waals surface area contributed by atoms with Crippen LogP contribution < -0.4 is 9.47 Å². The Labute approximate surface area is 155 Å². The molecule has 0 saturated carbocycles. The van der Waals surface area contributed by atoms with Crippen molar-refractivity contribution < 1.29 is 14.3 Å². The van der Waals surface area contributed by atoms with Crippen LogP contribution in [0.25, 0.3) is 0 Å². The fraction of sp³-hybridized carbons (Fsp3) is 0.389. The SMILES string of the molecule is CC(C)Oc1ccc(C(=O)N2CCC(Oc3ncccc3Br)C2)cn1. The molecule has 0 N–H and O–H groups in total. The summed E-state index contributed by atoms with van der Waals surface area (Å²) in [6, 6.07) is 7.19. The zero-order valence-corrected chi connectivity index (χ0v) is 15.8. The van der Waals surface area contributed by atoms with Crippen LogP contribution in [0.2, 0.25) is 0 Å². The van der Waals surface area contributed by atoms with Crippen LogP contribution in [0.4, 0.5) is 0 Å². The lowest BCUT2D eigenvalue weighted by atomic mass is 10.2. The van der Waals surface area contributed by atoms with Crippen LogP contribution in [0.15, 0.2) is 41.1 Å². The molecule has 2 aromatic heterocycles. The van der Waals surface area contributed by atoms with Crippen LogP contribution in [0.5, 0.6) is 11.8 Å². The zero-order chi connectivity index (χ0) is 17.8. The lowest BCUT2D eigenvalue weighted by Crippen LogP contribution is -2.31. The maximum atomic E-state index is 12.6. The van der Waals surface area contributed by atoms with Gasteiger partial charge in [-0.25, -0.2) is 9.97 Å². The quantitative estimate of drug-likeness (QED) is 0.763. The van der Waals surface area contributed by atoms with E-state index in [1.165, 1.54) is 0 Å². The molecule has 7 heteroatoms. The molecule has 1 fully saturated rings. The Kier molecular flexibility index (Phi) is 5.53. The van der Waals surface area contributed by atoms with E-state index in [9.17, 15) is 4.79 Å². The Morgan fingerprint density at radius 1 is 1.32 bits per heavy atom. The first-order valence-electron chi connectivity index (χ1n) is 8.22. The van der Waals surface area contributed by atoms with Crippen molar-refractivity contribution in [3.63, 3.8) is 0 Å². The zero-order valence-electron chi connectivity index (χ0n) is 14.2. The van der Waals surface area contributed by atoms with Gasteiger partial charge in [0.05, 0.1) is 22.7 Å². The van der Waals surface area contributed by atoms with Gasteiger partial charge in [0.1, 0.15) is 6.10 Å². The van der Waals surface area contributed by atoms with Crippen LogP contribution in [-0.2, 0) is 0 Å². The fourth-order valence-electron chi connectivity index (χ4n) is 2.63. The minimum Gasteiger partial charge on any atom is -0.475 e. The molecule has 6 nitrogen and oxygen atoms in total. The van der Waals surface area contributed by atoms with Crippen LogP contribution in [0.3, 0.4) is 0 Å². The first-order chi connectivity index (χ1) is 12.0. The van der Waals surface area contributed by atoms with Crippen molar-refractivity contribution in [1.82, 2.24) is 14.9 Å². The van der Waals surface area contributed by atoms with Crippen molar-refractivity contribution in [3.8, 4) is 11.8 Å². The summed E-state index contributed by atoms with van der Waals surface area (Å²) in [5.74, 6) is 1.03. The summed E-state index contributed by atoms with van der Waals surface area (Å²) < 4.78 is 12.2. The molecular weight excluding hydrogens is 386 g/mol. The average Bonchev–Trinajstić information content (AvgIpc) is 3.05. The van der Waals surface area contributed by atoms with E-state index in [-0.39, 0.29) is 18.1 Å². The van der Waals surface area contributed by atoms with Gasteiger partial charge in [-0.2, -0.15) is 0 Å². The van der Waals surface area contributed by atoms with Crippen LogP contribution in [0, 0.1) is 0 Å². The van der Waals surface area contributed by atoms with Crippen molar-refractivity contribution in [3.05, 3.63) is 46.7 Å². The summed E-state index contributed by atoms with van der Waals surface area (Å²) in [5, 5.41) is 0. The van der Waals surface area contributed by atoms with E-state index in [2.05, 4.69) is 25.9 Å². The number of hydrogen-bond donors (Lipinski definition) is 0. The van der Waals surface area contributed by atoms with Gasteiger partial charge >= 0.3 is 0 Å². The van der Waals surface area contributed by atoms with Crippen LogP contribution in [-0.4, -0.2) is 46.1 Å². The fourth-order valence-corrected chi connectivity index (χ4v) is 2.97. The highest BCUT2D eigenvalue weighted by Gasteiger charge is 2.29. The van der Waals surface area contributed by atoms with E-state index < -0.39 is 0 Å². The number of rotatable bonds is 5. The highest BCUT2D eigenvalue weighted by molar-refractivity contribution is 9.10. The minimum absolute atomic E-state index is 0.0465. The maximum Gasteiger partial charge on any atom is 0.255 e. The van der Waals surface area contributed by atoms with Crippen molar-refractivity contribution in [2.24, 2.45) is 0 Å². The van der Waals surface area contributed by atoms with Crippen LogP contribution in [0.1, 0.15) is 30.6 Å². The number of hydrogen-bond acceptors (Lipinski definition) is 5. The van der Waals surface area contributed by atoms with Crippen molar-refractivity contribution >= 4 is 21.8 Å². The first-order valence-corrected chi connectivity index (χ1v) is 9.01. The molecule has 0 spiro atoms. The molecule has 1 atom stereocenters. The third-order valence-corrected chi connectivity index (χ3v) is 4.38. The van der Waals surface area contributed by atoms with E-state index in [1.54, 1.807) is 29.4 Å². The third kappa shape index (κ3) is 4.48. The monoisotopic (exact) mass is 405 g/mol. The number of carbonyl (C=O) groups excluding carboxylic acids is 1. The second-order valence-electron chi connectivity index (χ2n) is 6.12. The molecule has 1 amide bonds. The molecule has 3 rings (SSSR count). The Bertz CT molecular complexity index is 737. The largest absolute Gasteiger partial charge is 0.475 e. The van der Waals surface area contributed by atoms with Crippen molar-refractivity contribution in [2.75, 3.05) is 13.1 Å². The topological polar surface area (TPSA) is 64.5 Å². The lowest BCUT2D eigenvalue weighted by Gasteiger charge is -2.17. The van der Waals surface area contributed by atoms with Gasteiger partial charge in [0.15, 0.2) is 0 Å². The van der Waals surface area contributed by atoms with Gasteiger partial charge in [-0.3, -0.25) is 4.79 Å². The van der Waals surface area contributed by atoms with Crippen molar-refractivity contribution in [2.45, 2.75) is 32.5 Å². The molecule has 132 valence electrons. The van der Waals surface area contributed by atoms with E-state index in [1.807, 2.05) is 26.0 Å². The molecule has 0 radical (unpaired) electrons. The smallest absolute Gasteiger partial charge is 0.255 e. The molecule has 3 heterocycles. The molecule has 1 aliphatic rings. The summed E-state index contributed by atoms with van der Waals surface area (Å²) in [4.78, 5) is 22.8. The van der Waals surface area contributed by atoms with E-state index in [0.717, 1.165) is 10.9 Å². The Morgan fingerprint density at radius 2 is 2.16 bits per heavy atom. The second-order valence-corrected chi connectivity index (χ2v) is 6.98. The van der Waals surface area contributed by atoms with Crippen molar-refractivity contribution in [1.29, 1.82) is 0 Å². The Morgan fingerprint density at radius 3 is 2.84 bits per heavy atom. The number of pyridine rings is 2. The molecule has 25 heavy (non-hydrogen) atoms. The Balaban J connectivity index is 1.59. The molecule has 1 aliphatic heterocycles. The van der Waals surface area contributed by atoms with E-state index >= 15 is 0 Å². The van der Waals surface area contributed by atoms with Gasteiger partial charge in [-0.15, -0.1) is 0 Å². The standard InChI is InChI=1S/C18H20BrN3O3/c1-12(2)24-16-6-5-13(10-21-16)18(23)22-9-7-14(11-22)25-17-15(19)4-3-8-20-17/h3-6,8,10,12,14H,7,9,11H2,1-2H3. The van der Waals surface area contributed by atoms with E-state index in [4.69, 9.17) is 9.47 Å². The number of aromatic nitrogens is 2. The Hall–Kier alpha value is -2.15. The van der Waals surface area contributed by atoms with Gasteiger partial charge in [0.25, 0.3) is 5.91 Å². The van der Waals surface area contributed by atoms with Crippen LogP contribution >= 0.6 is 15.9 Å². The maximum absolute atomic E-state index is 12.6. The van der Waals surface area contributed by atoms with Gasteiger partial charge in [-0.1, -0.05) is 0 Å². The number of likely N-dealkylation sites (tertiary alicyclic amines) is 1. The third-order valence-electron chi connectivity index (χ3n) is 3.77. The average molecular weight is 406 g/mol. The molecular formula is C18H20BrN3O3. The van der Waals surface area contributed by atoms with Gasteiger partial charge in [0, 0.05) is 31.4 Å². The molecule has 0 aromatic carbocycles. The number of carbonyl (C=O) groups is 1. The first kappa shape index (κ1) is 17.7. The predicted octanol–water partition coefficient (Wildman–Crippen LogP) is 3.32. The lowest BCUT2D eigenvalue weighted by molar-refractivity contribution is 0.0770. The molecule has 1 unspecified atom stereocenters. The molecule has 2 aromatic rings. The summed E-state index contributed by atoms with van der Waals surface area (Å²) >= 11 is 3.42. The summed E-state index contributed by atoms with van der Waals surface area (Å²) in [7, 11) is 0. The van der Waals surface area contributed by atoms with E-state index in [0.29, 0.717) is 30.4 Å². The number of halogens is 1. The normalized spacial score (nSPS) is 17.0. The summed E-state index contributed by atoms with van der Waals surface area (Å²) in [6.07, 6.45) is 4.01. The molecule has 0 aliphatic carbocycles. The summed E-state index contributed by atoms with van der Waals surface area (Å²) in [5.41, 5.74) is 0.552.